The van der Waals surface area contributed by atoms with E-state index in [1.54, 1.807) is 41.3 Å². The number of amides is 5. The Morgan fingerprint density at radius 2 is 1.67 bits per heavy atom. The Morgan fingerprint density at radius 1 is 1.00 bits per heavy atom. The van der Waals surface area contributed by atoms with Crippen molar-refractivity contribution in [3.63, 3.8) is 0 Å². The van der Waals surface area contributed by atoms with Crippen LogP contribution in [0.1, 0.15) is 26.3 Å². The van der Waals surface area contributed by atoms with Crippen LogP contribution in [0.15, 0.2) is 48.5 Å². The number of hydrogen-bond acceptors (Lipinski definition) is 4. The van der Waals surface area contributed by atoms with E-state index in [1.165, 1.54) is 0 Å². The molecule has 1 saturated heterocycles. The van der Waals surface area contributed by atoms with E-state index in [9.17, 15) is 19.2 Å². The molecule has 1 fully saturated rings. The second-order valence-corrected chi connectivity index (χ2v) is 6.75. The summed E-state index contributed by atoms with van der Waals surface area (Å²) in [6.45, 7) is 0.989. The number of anilines is 1. The molecule has 4 rings (SSSR count). The van der Waals surface area contributed by atoms with Crippen molar-refractivity contribution >= 4 is 29.4 Å². The van der Waals surface area contributed by atoms with Gasteiger partial charge >= 0.3 is 6.03 Å². The van der Waals surface area contributed by atoms with Gasteiger partial charge in [0.25, 0.3) is 11.8 Å². The molecule has 8 nitrogen and oxygen atoms in total. The molecule has 0 aliphatic carbocycles. The molecular weight excluding hydrogens is 384 g/mol. The summed E-state index contributed by atoms with van der Waals surface area (Å²) in [5.74, 6) is 4.35. The lowest BCUT2D eigenvalue weighted by atomic mass is 10.1. The number of imide groups is 1. The molecule has 8 heteroatoms. The van der Waals surface area contributed by atoms with Gasteiger partial charge in [-0.2, -0.15) is 0 Å². The van der Waals surface area contributed by atoms with Crippen molar-refractivity contribution in [2.75, 3.05) is 31.1 Å². The van der Waals surface area contributed by atoms with E-state index in [4.69, 9.17) is 0 Å². The zero-order chi connectivity index (χ0) is 21.1. The van der Waals surface area contributed by atoms with E-state index in [-0.39, 0.29) is 19.1 Å². The highest BCUT2D eigenvalue weighted by Crippen LogP contribution is 2.21. The molecule has 150 valence electrons. The van der Waals surface area contributed by atoms with Gasteiger partial charge in [0.05, 0.1) is 17.7 Å². The summed E-state index contributed by atoms with van der Waals surface area (Å²) in [5, 5.41) is 5.33. The fourth-order valence-electron chi connectivity index (χ4n) is 3.31. The van der Waals surface area contributed by atoms with Crippen LogP contribution in [0.3, 0.4) is 0 Å². The predicted molar refractivity (Wildman–Crippen MR) is 109 cm³/mol. The number of urea groups is 1. The third-order valence-corrected chi connectivity index (χ3v) is 4.82. The van der Waals surface area contributed by atoms with E-state index >= 15 is 0 Å². The van der Waals surface area contributed by atoms with E-state index in [1.807, 2.05) is 12.1 Å². The standard InChI is InChI=1S/C22H18N4O4/c27-19(14-26-20(28)17-5-1-2-6-18(17)21(26)29)23-11-3-4-15-7-9-16(10-8-15)25-13-12-24-22(25)30/h1-2,5-10H,11-14H2,(H,23,27)(H,24,30). The average Bonchev–Trinajstić information content (AvgIpc) is 3.29. The number of carbonyl (C=O) groups excluding carboxylic acids is 4. The number of nitrogens with one attached hydrogen (secondary N) is 2. The molecule has 0 saturated carbocycles. The van der Waals surface area contributed by atoms with Crippen LogP contribution in [0.5, 0.6) is 0 Å². The van der Waals surface area contributed by atoms with Crippen LogP contribution < -0.4 is 15.5 Å². The second-order valence-electron chi connectivity index (χ2n) is 6.75. The van der Waals surface area contributed by atoms with Gasteiger partial charge in [0.1, 0.15) is 6.54 Å². The topological polar surface area (TPSA) is 98.8 Å². The Kier molecular flexibility index (Phi) is 5.18. The van der Waals surface area contributed by atoms with Crippen molar-refractivity contribution in [3.05, 3.63) is 65.2 Å². The van der Waals surface area contributed by atoms with Gasteiger partial charge in [-0.1, -0.05) is 24.0 Å². The Labute approximate surface area is 172 Å². The Balaban J connectivity index is 1.29. The molecule has 0 spiro atoms. The molecule has 2 aliphatic heterocycles. The second kappa shape index (κ2) is 8.09. The summed E-state index contributed by atoms with van der Waals surface area (Å²) in [7, 11) is 0. The lowest BCUT2D eigenvalue weighted by molar-refractivity contribution is -0.121. The number of carbonyl (C=O) groups is 4. The Morgan fingerprint density at radius 3 is 2.27 bits per heavy atom. The molecule has 2 aromatic rings. The lowest BCUT2D eigenvalue weighted by Gasteiger charge is -2.13. The minimum Gasteiger partial charge on any atom is -0.344 e. The van der Waals surface area contributed by atoms with Gasteiger partial charge in [-0.25, -0.2) is 4.79 Å². The maximum atomic E-state index is 12.3. The largest absolute Gasteiger partial charge is 0.344 e. The number of nitrogens with zero attached hydrogens (tertiary/aromatic N) is 2. The van der Waals surface area contributed by atoms with Crippen LogP contribution in [-0.4, -0.2) is 54.8 Å². The van der Waals surface area contributed by atoms with E-state index in [0.29, 0.717) is 24.2 Å². The van der Waals surface area contributed by atoms with E-state index in [0.717, 1.165) is 16.2 Å². The molecular formula is C22H18N4O4. The summed E-state index contributed by atoms with van der Waals surface area (Å²) in [6.07, 6.45) is 0. The Bertz CT molecular complexity index is 1060. The van der Waals surface area contributed by atoms with Gasteiger partial charge in [0.2, 0.25) is 5.91 Å². The van der Waals surface area contributed by atoms with Gasteiger partial charge in [0.15, 0.2) is 0 Å². The first-order valence-corrected chi connectivity index (χ1v) is 9.41. The molecule has 2 N–H and O–H groups in total. The number of rotatable bonds is 4. The van der Waals surface area contributed by atoms with Crippen molar-refractivity contribution in [2.45, 2.75) is 0 Å². The van der Waals surface area contributed by atoms with Crippen LogP contribution in [0.25, 0.3) is 0 Å². The maximum absolute atomic E-state index is 12.3. The zero-order valence-electron chi connectivity index (χ0n) is 16.0. The third-order valence-electron chi connectivity index (χ3n) is 4.82. The van der Waals surface area contributed by atoms with Crippen LogP contribution >= 0.6 is 0 Å². The minimum absolute atomic E-state index is 0.0816. The lowest BCUT2D eigenvalue weighted by Crippen LogP contribution is -2.40. The normalized spacial score (nSPS) is 14.9. The van der Waals surface area contributed by atoms with Gasteiger partial charge in [0, 0.05) is 24.3 Å². The van der Waals surface area contributed by atoms with Crippen molar-refractivity contribution in [2.24, 2.45) is 0 Å². The van der Waals surface area contributed by atoms with E-state index in [2.05, 4.69) is 22.5 Å². The highest BCUT2D eigenvalue weighted by atomic mass is 16.2. The molecule has 0 radical (unpaired) electrons. The van der Waals surface area contributed by atoms with Crippen LogP contribution in [-0.2, 0) is 4.79 Å². The summed E-state index contributed by atoms with van der Waals surface area (Å²) >= 11 is 0. The monoisotopic (exact) mass is 402 g/mol. The highest BCUT2D eigenvalue weighted by Gasteiger charge is 2.36. The molecule has 2 aliphatic rings. The molecule has 0 aromatic heterocycles. The summed E-state index contributed by atoms with van der Waals surface area (Å²) in [4.78, 5) is 50.9. The molecule has 30 heavy (non-hydrogen) atoms. The molecule has 0 unspecified atom stereocenters. The molecule has 0 bridgehead atoms. The number of benzene rings is 2. The molecule has 5 amide bonds. The molecule has 2 aromatic carbocycles. The van der Waals surface area contributed by atoms with Crippen molar-refractivity contribution in [3.8, 4) is 11.8 Å². The van der Waals surface area contributed by atoms with Gasteiger partial charge in [-0.15, -0.1) is 0 Å². The van der Waals surface area contributed by atoms with Crippen LogP contribution in [0, 0.1) is 11.8 Å². The van der Waals surface area contributed by atoms with Gasteiger partial charge in [-0.3, -0.25) is 24.2 Å². The van der Waals surface area contributed by atoms with Crippen LogP contribution in [0.2, 0.25) is 0 Å². The maximum Gasteiger partial charge on any atom is 0.321 e. The van der Waals surface area contributed by atoms with E-state index < -0.39 is 17.7 Å². The first-order chi connectivity index (χ1) is 14.5. The third kappa shape index (κ3) is 3.73. The Hall–Kier alpha value is -4.12. The van der Waals surface area contributed by atoms with Gasteiger partial charge in [-0.05, 0) is 36.4 Å². The van der Waals surface area contributed by atoms with Gasteiger partial charge < -0.3 is 10.6 Å². The van der Waals surface area contributed by atoms with Crippen molar-refractivity contribution in [1.82, 2.24) is 15.5 Å². The molecule has 0 atom stereocenters. The first kappa shape index (κ1) is 19.2. The number of fused-ring (bicyclic) bond motifs is 1. The summed E-state index contributed by atoms with van der Waals surface area (Å²) in [6, 6.07) is 13.6. The summed E-state index contributed by atoms with van der Waals surface area (Å²) < 4.78 is 0. The fourth-order valence-corrected chi connectivity index (χ4v) is 3.31. The SMILES string of the molecule is O=C(CN1C(=O)c2ccccc2C1=O)NCC#Cc1ccc(N2CCNC2=O)cc1. The smallest absolute Gasteiger partial charge is 0.321 e. The summed E-state index contributed by atoms with van der Waals surface area (Å²) in [5.41, 5.74) is 2.16. The quantitative estimate of drug-likeness (QED) is 0.588. The minimum atomic E-state index is -0.469. The zero-order valence-corrected chi connectivity index (χ0v) is 16.0. The highest BCUT2D eigenvalue weighted by molar-refractivity contribution is 6.22. The average molecular weight is 402 g/mol. The number of hydrogen-bond donors (Lipinski definition) is 2. The first-order valence-electron chi connectivity index (χ1n) is 9.41. The van der Waals surface area contributed by atoms with Crippen LogP contribution in [0.4, 0.5) is 10.5 Å². The van der Waals surface area contributed by atoms with Crippen molar-refractivity contribution in [1.29, 1.82) is 0 Å². The fraction of sp³-hybridized carbons (Fsp3) is 0.182. The molecule has 2 heterocycles. The van der Waals surface area contributed by atoms with Crippen molar-refractivity contribution < 1.29 is 19.2 Å². The predicted octanol–water partition coefficient (Wildman–Crippen LogP) is 0.980.